The lowest BCUT2D eigenvalue weighted by atomic mass is 9.96. The van der Waals surface area contributed by atoms with Gasteiger partial charge in [-0.15, -0.1) is 11.3 Å². The van der Waals surface area contributed by atoms with Crippen molar-refractivity contribution in [2.45, 2.75) is 45.4 Å². The lowest BCUT2D eigenvalue weighted by Crippen LogP contribution is -2.34. The van der Waals surface area contributed by atoms with Crippen LogP contribution in [0.5, 0.6) is 5.75 Å². The van der Waals surface area contributed by atoms with E-state index in [0.717, 1.165) is 48.6 Å². The molecule has 0 spiro atoms. The fourth-order valence-electron chi connectivity index (χ4n) is 3.17. The standard InChI is InChI=1S/C21H22BrN3O2S2/c1-2-3-10-27-17-9-8-13(11-16(17)22)19(26)24-21(28)25-20-15(12-23)14-6-4-5-7-18(14)29-20/h8-9,11H,2-7,10H2,1H3,(H2,24,25,26,28). The van der Waals surface area contributed by atoms with E-state index in [1.807, 2.05) is 0 Å². The Balaban J connectivity index is 1.64. The third-order valence-corrected chi connectivity index (χ3v) is 6.72. The maximum atomic E-state index is 12.6. The number of nitrogens with zero attached hydrogens (tertiary/aromatic N) is 1. The molecule has 3 rings (SSSR count). The van der Waals surface area contributed by atoms with E-state index < -0.39 is 0 Å². The fourth-order valence-corrected chi connectivity index (χ4v) is 5.16. The SMILES string of the molecule is CCCCOc1ccc(C(=O)NC(=S)Nc2sc3c(c2C#N)CCCC3)cc1Br. The molecule has 0 radical (unpaired) electrons. The molecule has 29 heavy (non-hydrogen) atoms. The maximum absolute atomic E-state index is 12.6. The average molecular weight is 492 g/mol. The van der Waals surface area contributed by atoms with Crippen molar-refractivity contribution < 1.29 is 9.53 Å². The molecular formula is C21H22BrN3O2S2. The van der Waals surface area contributed by atoms with Crippen LogP contribution in [0, 0.1) is 11.3 Å². The van der Waals surface area contributed by atoms with Crippen LogP contribution in [0.1, 0.15) is 59.0 Å². The van der Waals surface area contributed by atoms with Crippen LogP contribution in [0.4, 0.5) is 5.00 Å². The molecular weight excluding hydrogens is 470 g/mol. The van der Waals surface area contributed by atoms with Gasteiger partial charge >= 0.3 is 0 Å². The molecule has 152 valence electrons. The van der Waals surface area contributed by atoms with Crippen LogP contribution in [-0.2, 0) is 12.8 Å². The lowest BCUT2D eigenvalue weighted by Gasteiger charge is -2.11. The molecule has 2 N–H and O–H groups in total. The van der Waals surface area contributed by atoms with E-state index in [-0.39, 0.29) is 11.0 Å². The summed E-state index contributed by atoms with van der Waals surface area (Å²) in [7, 11) is 0. The Morgan fingerprint density at radius 1 is 1.38 bits per heavy atom. The Labute approximate surface area is 188 Å². The number of fused-ring (bicyclic) bond motifs is 1. The molecule has 2 aromatic rings. The van der Waals surface area contributed by atoms with E-state index >= 15 is 0 Å². The zero-order chi connectivity index (χ0) is 20.8. The number of hydrogen-bond donors (Lipinski definition) is 2. The summed E-state index contributed by atoms with van der Waals surface area (Å²) in [5.74, 6) is 0.390. The second-order valence-corrected chi connectivity index (χ2v) is 9.15. The van der Waals surface area contributed by atoms with E-state index in [1.54, 1.807) is 29.5 Å². The van der Waals surface area contributed by atoms with Crippen molar-refractivity contribution in [3.05, 3.63) is 44.2 Å². The normalized spacial score (nSPS) is 12.6. The summed E-state index contributed by atoms with van der Waals surface area (Å²) in [5, 5.41) is 16.2. The van der Waals surface area contributed by atoms with Gasteiger partial charge in [-0.3, -0.25) is 10.1 Å². The van der Waals surface area contributed by atoms with E-state index in [4.69, 9.17) is 17.0 Å². The number of amides is 1. The number of anilines is 1. The Kier molecular flexibility index (Phi) is 7.64. The van der Waals surface area contributed by atoms with Crippen LogP contribution in [0.3, 0.4) is 0 Å². The van der Waals surface area contributed by atoms with Crippen LogP contribution in [0.15, 0.2) is 22.7 Å². The number of rotatable bonds is 6. The number of carbonyl (C=O) groups excluding carboxylic acids is 1. The first kappa shape index (κ1) is 21.8. The van der Waals surface area contributed by atoms with Gasteiger partial charge in [0.15, 0.2) is 5.11 Å². The number of thiophene rings is 1. The van der Waals surface area contributed by atoms with Gasteiger partial charge in [0.1, 0.15) is 16.8 Å². The second kappa shape index (κ2) is 10.2. The molecule has 1 aromatic carbocycles. The molecule has 1 amide bonds. The van der Waals surface area contributed by atoms with Crippen LogP contribution < -0.4 is 15.4 Å². The van der Waals surface area contributed by atoms with Crippen molar-refractivity contribution in [3.8, 4) is 11.8 Å². The molecule has 1 heterocycles. The Bertz CT molecular complexity index is 966. The average Bonchev–Trinajstić information content (AvgIpc) is 3.05. The number of carbonyl (C=O) groups is 1. The summed E-state index contributed by atoms with van der Waals surface area (Å²) in [5.41, 5.74) is 2.25. The number of thiocarbonyl (C=S) groups is 1. The Hall–Kier alpha value is -1.95. The van der Waals surface area contributed by atoms with Gasteiger partial charge in [0.2, 0.25) is 0 Å². The number of nitriles is 1. The summed E-state index contributed by atoms with van der Waals surface area (Å²) >= 11 is 10.3. The first-order chi connectivity index (χ1) is 14.0. The third kappa shape index (κ3) is 5.35. The van der Waals surface area contributed by atoms with Crippen molar-refractivity contribution in [1.82, 2.24) is 5.32 Å². The molecule has 5 nitrogen and oxygen atoms in total. The van der Waals surface area contributed by atoms with Crippen molar-refractivity contribution in [2.24, 2.45) is 0 Å². The van der Waals surface area contributed by atoms with E-state index in [9.17, 15) is 10.1 Å². The number of hydrogen-bond acceptors (Lipinski definition) is 5. The summed E-state index contributed by atoms with van der Waals surface area (Å²) in [6.07, 6.45) is 6.21. The smallest absolute Gasteiger partial charge is 0.257 e. The monoisotopic (exact) mass is 491 g/mol. The summed E-state index contributed by atoms with van der Waals surface area (Å²) in [6.45, 7) is 2.74. The van der Waals surface area contributed by atoms with Gasteiger partial charge in [-0.2, -0.15) is 5.26 Å². The highest BCUT2D eigenvalue weighted by Crippen LogP contribution is 2.37. The van der Waals surface area contributed by atoms with Crippen molar-refractivity contribution >= 4 is 55.5 Å². The van der Waals surface area contributed by atoms with Crippen molar-refractivity contribution in [3.63, 3.8) is 0 Å². The zero-order valence-electron chi connectivity index (χ0n) is 16.1. The Morgan fingerprint density at radius 3 is 2.90 bits per heavy atom. The lowest BCUT2D eigenvalue weighted by molar-refractivity contribution is 0.0977. The predicted octanol–water partition coefficient (Wildman–Crippen LogP) is 5.57. The number of unbranched alkanes of at least 4 members (excludes halogenated alkanes) is 1. The summed E-state index contributed by atoms with van der Waals surface area (Å²) in [4.78, 5) is 13.8. The highest BCUT2D eigenvalue weighted by molar-refractivity contribution is 9.10. The number of aryl methyl sites for hydroxylation is 1. The van der Waals surface area contributed by atoms with E-state index in [1.165, 1.54) is 4.88 Å². The molecule has 1 aliphatic rings. The first-order valence-corrected chi connectivity index (χ1v) is 11.6. The van der Waals surface area contributed by atoms with Crippen molar-refractivity contribution in [1.29, 1.82) is 5.26 Å². The Morgan fingerprint density at radius 2 is 2.17 bits per heavy atom. The highest BCUT2D eigenvalue weighted by atomic mass is 79.9. The minimum Gasteiger partial charge on any atom is -0.492 e. The summed E-state index contributed by atoms with van der Waals surface area (Å²) < 4.78 is 6.41. The van der Waals surface area contributed by atoms with E-state index in [2.05, 4.69) is 39.6 Å². The van der Waals surface area contributed by atoms with Crippen LogP contribution in [-0.4, -0.2) is 17.6 Å². The molecule has 0 unspecified atom stereocenters. The molecule has 0 atom stereocenters. The number of halogens is 1. The largest absolute Gasteiger partial charge is 0.492 e. The number of nitrogens with one attached hydrogen (secondary N) is 2. The molecule has 1 aliphatic carbocycles. The quantitative estimate of drug-likeness (QED) is 0.408. The molecule has 0 saturated carbocycles. The maximum Gasteiger partial charge on any atom is 0.257 e. The predicted molar refractivity (Wildman–Crippen MR) is 124 cm³/mol. The van der Waals surface area contributed by atoms with E-state index in [0.29, 0.717) is 28.5 Å². The molecule has 0 aliphatic heterocycles. The highest BCUT2D eigenvalue weighted by Gasteiger charge is 2.21. The molecule has 0 saturated heterocycles. The van der Waals surface area contributed by atoms with Crippen LogP contribution in [0.2, 0.25) is 0 Å². The minimum atomic E-state index is -0.317. The van der Waals surface area contributed by atoms with Gasteiger partial charge in [-0.05, 0) is 84.0 Å². The number of benzene rings is 1. The van der Waals surface area contributed by atoms with Gasteiger partial charge in [-0.1, -0.05) is 13.3 Å². The first-order valence-electron chi connectivity index (χ1n) is 9.62. The zero-order valence-corrected chi connectivity index (χ0v) is 19.4. The second-order valence-electron chi connectivity index (χ2n) is 6.78. The summed E-state index contributed by atoms with van der Waals surface area (Å²) in [6, 6.07) is 7.47. The van der Waals surface area contributed by atoms with Gasteiger partial charge in [-0.25, -0.2) is 0 Å². The van der Waals surface area contributed by atoms with Gasteiger partial charge < -0.3 is 10.1 Å². The topological polar surface area (TPSA) is 74.2 Å². The molecule has 8 heteroatoms. The van der Waals surface area contributed by atoms with Gasteiger partial charge in [0, 0.05) is 10.4 Å². The minimum absolute atomic E-state index is 0.185. The van der Waals surface area contributed by atoms with Gasteiger partial charge in [0.05, 0.1) is 16.6 Å². The molecule has 1 aromatic heterocycles. The van der Waals surface area contributed by atoms with Crippen LogP contribution >= 0.6 is 39.5 Å². The van der Waals surface area contributed by atoms with Crippen LogP contribution in [0.25, 0.3) is 0 Å². The molecule has 0 fully saturated rings. The third-order valence-electron chi connectivity index (χ3n) is 4.69. The molecule has 0 bridgehead atoms. The fraction of sp³-hybridized carbons (Fsp3) is 0.381. The van der Waals surface area contributed by atoms with Crippen molar-refractivity contribution in [2.75, 3.05) is 11.9 Å². The number of ether oxygens (including phenoxy) is 1. The van der Waals surface area contributed by atoms with Gasteiger partial charge in [0.25, 0.3) is 5.91 Å².